The number of rotatable bonds is 6. The summed E-state index contributed by atoms with van der Waals surface area (Å²) in [5.74, 6) is -0.291. The van der Waals surface area contributed by atoms with E-state index in [0.29, 0.717) is 5.88 Å². The molecule has 2 aromatic rings. The van der Waals surface area contributed by atoms with Crippen LogP contribution >= 0.6 is 11.9 Å². The van der Waals surface area contributed by atoms with Gasteiger partial charge < -0.3 is 9.46 Å². The van der Waals surface area contributed by atoms with E-state index in [4.69, 9.17) is 4.74 Å². The van der Waals surface area contributed by atoms with Crippen molar-refractivity contribution in [3.63, 3.8) is 0 Å². The molecule has 0 atom stereocenters. The van der Waals surface area contributed by atoms with E-state index in [0.717, 1.165) is 22.6 Å². The van der Waals surface area contributed by atoms with Gasteiger partial charge in [-0.15, -0.1) is 4.91 Å². The van der Waals surface area contributed by atoms with Gasteiger partial charge in [-0.1, -0.05) is 13.0 Å². The summed E-state index contributed by atoms with van der Waals surface area (Å²) in [5, 5.41) is 2.42. The second kappa shape index (κ2) is 7.56. The zero-order valence-corrected chi connectivity index (χ0v) is 13.0. The zero-order valence-electron chi connectivity index (χ0n) is 12.2. The van der Waals surface area contributed by atoms with Gasteiger partial charge in [-0.05, 0) is 48.2 Å². The molecule has 114 valence electrons. The Kier molecular flexibility index (Phi) is 5.48. The second-order valence-corrected chi connectivity index (χ2v) is 5.26. The Bertz CT molecular complexity index is 691. The summed E-state index contributed by atoms with van der Waals surface area (Å²) in [4.78, 5) is 26.6. The molecule has 0 aliphatic heterocycles. The normalized spacial score (nSPS) is 10.1. The Hall–Kier alpha value is -2.41. The fourth-order valence-electron chi connectivity index (χ4n) is 1.78. The molecule has 0 aliphatic rings. The molecule has 0 bridgehead atoms. The van der Waals surface area contributed by atoms with Gasteiger partial charge in [0.1, 0.15) is 5.69 Å². The van der Waals surface area contributed by atoms with Gasteiger partial charge in [0.15, 0.2) is 0 Å². The minimum atomic E-state index is -0.783. The lowest BCUT2D eigenvalue weighted by Crippen LogP contribution is -1.97. The molecule has 0 fully saturated rings. The number of pyridine rings is 1. The lowest BCUT2D eigenvalue weighted by atomic mass is 10.2. The topological polar surface area (TPSA) is 80.7 Å². The van der Waals surface area contributed by atoms with Crippen molar-refractivity contribution >= 4 is 23.5 Å². The first-order valence-corrected chi connectivity index (χ1v) is 7.43. The first-order valence-electron chi connectivity index (χ1n) is 6.61. The molecule has 0 saturated heterocycles. The number of amides is 1. The zero-order chi connectivity index (χ0) is 15.9. The van der Waals surface area contributed by atoms with Gasteiger partial charge in [0, 0.05) is 21.8 Å². The van der Waals surface area contributed by atoms with E-state index in [9.17, 15) is 9.70 Å². The Morgan fingerprint density at radius 1 is 1.41 bits per heavy atom. The quantitative estimate of drug-likeness (QED) is 0.646. The number of methoxy groups -OCH3 is 1. The maximum atomic E-state index is 11.3. The number of aryl methyl sites for hydroxylation is 1. The largest absolute Gasteiger partial charge is 0.480 e. The molecule has 1 heterocycles. The van der Waals surface area contributed by atoms with Crippen LogP contribution in [0, 0.1) is 4.91 Å². The maximum Gasteiger partial charge on any atom is 0.316 e. The van der Waals surface area contributed by atoms with E-state index in [1.165, 1.54) is 11.9 Å². The number of hydrogen-bond acceptors (Lipinski definition) is 6. The van der Waals surface area contributed by atoms with Gasteiger partial charge in [-0.3, -0.25) is 4.79 Å². The third kappa shape index (κ3) is 3.82. The van der Waals surface area contributed by atoms with Gasteiger partial charge in [0.2, 0.25) is 5.88 Å². The van der Waals surface area contributed by atoms with E-state index < -0.39 is 5.91 Å². The predicted molar refractivity (Wildman–Crippen MR) is 86.2 cm³/mol. The minimum absolute atomic E-state index is 0.259. The van der Waals surface area contributed by atoms with Crippen LogP contribution < -0.4 is 9.46 Å². The molecule has 2 rings (SSSR count). The number of benzene rings is 1. The lowest BCUT2D eigenvalue weighted by molar-refractivity contribution is 0.100. The average Bonchev–Trinajstić information content (AvgIpc) is 2.59. The number of hydrogen-bond donors (Lipinski definition) is 1. The first kappa shape index (κ1) is 16.0. The van der Waals surface area contributed by atoms with Crippen LogP contribution in [-0.2, 0) is 6.42 Å². The third-order valence-corrected chi connectivity index (χ3v) is 3.76. The van der Waals surface area contributed by atoms with Crippen molar-refractivity contribution in [1.82, 2.24) is 4.98 Å². The molecule has 0 unspecified atom stereocenters. The number of carbonyl (C=O) groups excluding carboxylic acids is 1. The summed E-state index contributed by atoms with van der Waals surface area (Å²) in [5.41, 5.74) is 2.09. The molecule has 1 aromatic heterocycles. The van der Waals surface area contributed by atoms with Crippen molar-refractivity contribution in [3.8, 4) is 5.88 Å². The highest BCUT2D eigenvalue weighted by atomic mass is 32.2. The summed E-state index contributed by atoms with van der Waals surface area (Å²) in [7, 11) is 1.55. The van der Waals surface area contributed by atoms with Gasteiger partial charge in [-0.25, -0.2) is 4.98 Å². The summed E-state index contributed by atoms with van der Waals surface area (Å²) in [6, 6.07) is 8.63. The van der Waals surface area contributed by atoms with Crippen LogP contribution in [0.15, 0.2) is 46.6 Å². The van der Waals surface area contributed by atoms with Gasteiger partial charge >= 0.3 is 5.91 Å². The van der Waals surface area contributed by atoms with Crippen molar-refractivity contribution in [2.45, 2.75) is 18.2 Å². The molecular weight excluding hydrogens is 302 g/mol. The summed E-state index contributed by atoms with van der Waals surface area (Å²) >= 11 is 1.30. The number of carbonyl (C=O) groups is 1. The number of nitroso groups, excluding NO2 is 1. The predicted octanol–water partition coefficient (Wildman–Crippen LogP) is 3.68. The molecule has 7 heteroatoms. The van der Waals surface area contributed by atoms with E-state index in [1.54, 1.807) is 31.5 Å². The van der Waals surface area contributed by atoms with E-state index in [-0.39, 0.29) is 5.56 Å². The number of nitrogens with one attached hydrogen (secondary N) is 1. The molecule has 1 amide bonds. The van der Waals surface area contributed by atoms with Crippen LogP contribution in [0.1, 0.15) is 22.8 Å². The van der Waals surface area contributed by atoms with Crippen LogP contribution in [-0.4, -0.2) is 18.0 Å². The van der Waals surface area contributed by atoms with Crippen molar-refractivity contribution in [3.05, 3.63) is 52.6 Å². The Balaban J connectivity index is 2.16. The fraction of sp³-hybridized carbons (Fsp3) is 0.200. The van der Waals surface area contributed by atoms with Crippen LogP contribution in [0.3, 0.4) is 0 Å². The van der Waals surface area contributed by atoms with Gasteiger partial charge in [0.25, 0.3) is 0 Å². The van der Waals surface area contributed by atoms with Crippen LogP contribution in [0.2, 0.25) is 0 Å². The molecule has 0 saturated carbocycles. The van der Waals surface area contributed by atoms with Gasteiger partial charge in [0.05, 0.1) is 7.11 Å². The number of nitrogens with zero attached hydrogens (tertiary/aromatic N) is 2. The molecule has 22 heavy (non-hydrogen) atoms. The Labute approximate surface area is 132 Å². The Morgan fingerprint density at radius 3 is 2.91 bits per heavy atom. The van der Waals surface area contributed by atoms with Crippen molar-refractivity contribution < 1.29 is 9.53 Å². The summed E-state index contributed by atoms with van der Waals surface area (Å²) in [6.45, 7) is 2.04. The SMILES string of the molecule is CCc1cnc(OC)c(NSc2cccc(C(=O)N=O)c2)c1. The fourth-order valence-corrected chi connectivity index (χ4v) is 2.49. The molecule has 0 aliphatic carbocycles. The molecule has 6 nitrogen and oxygen atoms in total. The maximum absolute atomic E-state index is 11.3. The van der Waals surface area contributed by atoms with E-state index in [1.807, 2.05) is 19.1 Å². The van der Waals surface area contributed by atoms with Crippen LogP contribution in [0.25, 0.3) is 0 Å². The van der Waals surface area contributed by atoms with Crippen molar-refractivity contribution in [1.29, 1.82) is 0 Å². The third-order valence-electron chi connectivity index (χ3n) is 2.95. The van der Waals surface area contributed by atoms with Crippen molar-refractivity contribution in [2.24, 2.45) is 5.18 Å². The number of aromatic nitrogens is 1. The highest BCUT2D eigenvalue weighted by Gasteiger charge is 2.09. The smallest absolute Gasteiger partial charge is 0.316 e. The molecule has 1 aromatic carbocycles. The Morgan fingerprint density at radius 2 is 2.23 bits per heavy atom. The number of ether oxygens (including phenoxy) is 1. The number of anilines is 1. The van der Waals surface area contributed by atoms with Gasteiger partial charge in [-0.2, -0.15) is 0 Å². The van der Waals surface area contributed by atoms with Crippen molar-refractivity contribution in [2.75, 3.05) is 11.8 Å². The van der Waals surface area contributed by atoms with Crippen LogP contribution in [0.4, 0.5) is 5.69 Å². The standard InChI is InChI=1S/C15H15N3O3S/c1-3-10-7-13(15(21-2)16-9-10)18-22-12-6-4-5-11(8-12)14(19)17-20/h4-9,18H,3H2,1-2H3. The van der Waals surface area contributed by atoms with Crippen LogP contribution in [0.5, 0.6) is 5.88 Å². The molecule has 1 N–H and O–H groups in total. The van der Waals surface area contributed by atoms with E-state index in [2.05, 4.69) is 14.9 Å². The molecule has 0 radical (unpaired) electrons. The lowest BCUT2D eigenvalue weighted by Gasteiger charge is -2.11. The first-order chi connectivity index (χ1) is 10.7. The monoisotopic (exact) mass is 317 g/mol. The highest BCUT2D eigenvalue weighted by Crippen LogP contribution is 2.28. The molecular formula is C15H15N3O3S. The second-order valence-electron chi connectivity index (χ2n) is 4.38. The summed E-state index contributed by atoms with van der Waals surface area (Å²) in [6.07, 6.45) is 2.63. The summed E-state index contributed by atoms with van der Waals surface area (Å²) < 4.78 is 8.36. The highest BCUT2D eigenvalue weighted by molar-refractivity contribution is 8.00. The minimum Gasteiger partial charge on any atom is -0.480 e. The van der Waals surface area contributed by atoms with E-state index >= 15 is 0 Å². The molecule has 0 spiro atoms. The average molecular weight is 317 g/mol.